The zero-order valence-corrected chi connectivity index (χ0v) is 14.0. The second kappa shape index (κ2) is 7.08. The Bertz CT molecular complexity index is 867. The van der Waals surface area contributed by atoms with Gasteiger partial charge in [0.1, 0.15) is 5.75 Å². The number of aliphatic imine (C=N–C) groups is 1. The minimum Gasteiger partial charge on any atom is -0.495 e. The van der Waals surface area contributed by atoms with Gasteiger partial charge in [-0.15, -0.1) is 0 Å². The fraction of sp³-hybridized carbons (Fsp3) is 0.211. The number of rotatable bonds is 5. The van der Waals surface area contributed by atoms with E-state index in [4.69, 9.17) is 10.5 Å². The van der Waals surface area contributed by atoms with Gasteiger partial charge in [-0.1, -0.05) is 24.3 Å². The molecule has 0 unspecified atom stereocenters. The Hall–Kier alpha value is -2.95. The molecule has 0 radical (unpaired) electrons. The summed E-state index contributed by atoms with van der Waals surface area (Å²) in [5.41, 5.74) is 10.4. The third-order valence-corrected chi connectivity index (χ3v) is 3.96. The van der Waals surface area contributed by atoms with Crippen LogP contribution in [0.3, 0.4) is 0 Å². The number of ether oxygens (including phenoxy) is 1. The summed E-state index contributed by atoms with van der Waals surface area (Å²) in [6.45, 7) is 2.71. The second-order valence-electron chi connectivity index (χ2n) is 5.71. The van der Waals surface area contributed by atoms with Crippen LogP contribution >= 0.6 is 0 Å². The molecule has 1 aromatic heterocycles. The van der Waals surface area contributed by atoms with Crippen molar-refractivity contribution in [1.82, 2.24) is 4.98 Å². The van der Waals surface area contributed by atoms with Gasteiger partial charge in [-0.2, -0.15) is 0 Å². The van der Waals surface area contributed by atoms with E-state index in [0.29, 0.717) is 12.5 Å². The number of aromatic nitrogens is 1. The van der Waals surface area contributed by atoms with E-state index in [1.807, 2.05) is 30.5 Å². The van der Waals surface area contributed by atoms with Crippen LogP contribution in [0.25, 0.3) is 10.9 Å². The third-order valence-electron chi connectivity index (χ3n) is 3.96. The number of methoxy groups -OCH3 is 1. The van der Waals surface area contributed by atoms with Gasteiger partial charge in [-0.3, -0.25) is 4.99 Å². The summed E-state index contributed by atoms with van der Waals surface area (Å²) in [4.78, 5) is 7.72. The van der Waals surface area contributed by atoms with Crippen LogP contribution in [0.4, 0.5) is 5.69 Å². The smallest absolute Gasteiger partial charge is 0.193 e. The number of nitrogens with two attached hydrogens (primary N) is 1. The summed E-state index contributed by atoms with van der Waals surface area (Å²) in [5, 5.41) is 4.32. The number of para-hydroxylation sites is 2. The number of hydrogen-bond acceptors (Lipinski definition) is 2. The molecule has 0 atom stereocenters. The molecule has 0 spiro atoms. The normalized spacial score (nSPS) is 11.7. The first-order valence-electron chi connectivity index (χ1n) is 7.94. The molecule has 0 saturated heterocycles. The van der Waals surface area contributed by atoms with Crippen LogP contribution in [0, 0.1) is 6.92 Å². The fourth-order valence-corrected chi connectivity index (χ4v) is 2.73. The molecule has 5 nitrogen and oxygen atoms in total. The highest BCUT2D eigenvalue weighted by molar-refractivity contribution is 5.93. The Labute approximate surface area is 141 Å². The van der Waals surface area contributed by atoms with Crippen molar-refractivity contribution in [3.63, 3.8) is 0 Å². The molecule has 0 aliphatic carbocycles. The van der Waals surface area contributed by atoms with Gasteiger partial charge in [-0.25, -0.2) is 0 Å². The molecule has 1 heterocycles. The molecular formula is C19H22N4O. The van der Waals surface area contributed by atoms with Crippen molar-refractivity contribution < 1.29 is 4.74 Å². The van der Waals surface area contributed by atoms with Crippen molar-refractivity contribution in [3.05, 3.63) is 59.8 Å². The van der Waals surface area contributed by atoms with Crippen molar-refractivity contribution in [1.29, 1.82) is 0 Å². The summed E-state index contributed by atoms with van der Waals surface area (Å²) < 4.78 is 5.29. The number of hydrogen-bond donors (Lipinski definition) is 3. The van der Waals surface area contributed by atoms with Gasteiger partial charge in [0.25, 0.3) is 0 Å². The zero-order chi connectivity index (χ0) is 16.9. The number of aromatic amines is 1. The summed E-state index contributed by atoms with van der Waals surface area (Å²) in [6.07, 6.45) is 2.88. The van der Waals surface area contributed by atoms with Gasteiger partial charge >= 0.3 is 0 Å². The van der Waals surface area contributed by atoms with E-state index >= 15 is 0 Å². The van der Waals surface area contributed by atoms with Crippen LogP contribution in [-0.4, -0.2) is 24.6 Å². The summed E-state index contributed by atoms with van der Waals surface area (Å²) in [5.74, 6) is 1.12. The lowest BCUT2D eigenvalue weighted by molar-refractivity contribution is 0.417. The van der Waals surface area contributed by atoms with Gasteiger partial charge in [0.15, 0.2) is 5.96 Å². The number of fused-ring (bicyclic) bond motifs is 1. The highest BCUT2D eigenvalue weighted by atomic mass is 16.5. The second-order valence-corrected chi connectivity index (χ2v) is 5.71. The van der Waals surface area contributed by atoms with Crippen LogP contribution in [-0.2, 0) is 6.42 Å². The van der Waals surface area contributed by atoms with E-state index < -0.39 is 0 Å². The summed E-state index contributed by atoms with van der Waals surface area (Å²) in [7, 11) is 1.63. The highest BCUT2D eigenvalue weighted by Gasteiger charge is 2.04. The number of aryl methyl sites for hydroxylation is 1. The molecule has 0 amide bonds. The standard InChI is InChI=1S/C19H22N4O/c1-13-7-8-15-14(12-22-17(15)11-13)9-10-21-19(20)23-16-5-3-4-6-18(16)24-2/h3-8,11-12,22H,9-10H2,1-2H3,(H3,20,21,23). The minimum atomic E-state index is 0.384. The number of nitrogens with one attached hydrogen (secondary N) is 2. The molecule has 3 aromatic rings. The van der Waals surface area contributed by atoms with Crippen molar-refractivity contribution in [3.8, 4) is 5.75 Å². The van der Waals surface area contributed by atoms with Crippen molar-refractivity contribution in [2.45, 2.75) is 13.3 Å². The highest BCUT2D eigenvalue weighted by Crippen LogP contribution is 2.23. The van der Waals surface area contributed by atoms with Crippen LogP contribution < -0.4 is 15.8 Å². The molecule has 0 aliphatic rings. The zero-order valence-electron chi connectivity index (χ0n) is 14.0. The lowest BCUT2D eigenvalue weighted by Gasteiger charge is -2.10. The van der Waals surface area contributed by atoms with E-state index in [-0.39, 0.29) is 0 Å². The first-order valence-corrected chi connectivity index (χ1v) is 7.94. The first kappa shape index (κ1) is 15.9. The maximum absolute atomic E-state index is 5.98. The number of H-pyrrole nitrogens is 1. The van der Waals surface area contributed by atoms with Crippen LogP contribution in [0.1, 0.15) is 11.1 Å². The topological polar surface area (TPSA) is 75.4 Å². The maximum atomic E-state index is 5.98. The van der Waals surface area contributed by atoms with Gasteiger partial charge in [0.2, 0.25) is 0 Å². The number of benzene rings is 2. The van der Waals surface area contributed by atoms with E-state index in [1.54, 1.807) is 7.11 Å². The maximum Gasteiger partial charge on any atom is 0.193 e. The Morgan fingerprint density at radius 3 is 2.92 bits per heavy atom. The van der Waals surface area contributed by atoms with Gasteiger partial charge in [-0.05, 0) is 42.7 Å². The molecule has 4 N–H and O–H groups in total. The number of anilines is 1. The van der Waals surface area contributed by atoms with E-state index in [0.717, 1.165) is 23.4 Å². The molecule has 0 aliphatic heterocycles. The molecule has 3 rings (SSSR count). The Kier molecular flexibility index (Phi) is 4.70. The van der Waals surface area contributed by atoms with Crippen molar-refractivity contribution >= 4 is 22.5 Å². The number of guanidine groups is 1. The molecule has 0 bridgehead atoms. The van der Waals surface area contributed by atoms with E-state index in [2.05, 4.69) is 40.4 Å². The van der Waals surface area contributed by atoms with Gasteiger partial charge in [0, 0.05) is 23.6 Å². The SMILES string of the molecule is COc1ccccc1NC(N)=NCCc1c[nH]c2cc(C)ccc12. The Morgan fingerprint density at radius 2 is 2.08 bits per heavy atom. The number of nitrogens with zero attached hydrogens (tertiary/aromatic N) is 1. The molecule has 24 heavy (non-hydrogen) atoms. The van der Waals surface area contributed by atoms with Gasteiger partial charge in [0.05, 0.1) is 12.8 Å². The fourth-order valence-electron chi connectivity index (χ4n) is 2.73. The van der Waals surface area contributed by atoms with Gasteiger partial charge < -0.3 is 20.8 Å². The lowest BCUT2D eigenvalue weighted by Crippen LogP contribution is -2.23. The quantitative estimate of drug-likeness (QED) is 0.497. The Balaban J connectivity index is 1.64. The van der Waals surface area contributed by atoms with E-state index in [9.17, 15) is 0 Å². The Morgan fingerprint density at radius 1 is 1.25 bits per heavy atom. The van der Waals surface area contributed by atoms with E-state index in [1.165, 1.54) is 16.5 Å². The molecule has 5 heteroatoms. The average Bonchev–Trinajstić information content (AvgIpc) is 2.97. The summed E-state index contributed by atoms with van der Waals surface area (Å²) >= 11 is 0. The molecular weight excluding hydrogens is 300 g/mol. The van der Waals surface area contributed by atoms with Crippen LogP contribution in [0.5, 0.6) is 5.75 Å². The summed E-state index contributed by atoms with van der Waals surface area (Å²) in [6, 6.07) is 14.0. The van der Waals surface area contributed by atoms with Crippen LogP contribution in [0.2, 0.25) is 0 Å². The largest absolute Gasteiger partial charge is 0.495 e. The predicted octanol–water partition coefficient (Wildman–Crippen LogP) is 3.45. The monoisotopic (exact) mass is 322 g/mol. The van der Waals surface area contributed by atoms with Crippen molar-refractivity contribution in [2.75, 3.05) is 19.0 Å². The van der Waals surface area contributed by atoms with Crippen molar-refractivity contribution in [2.24, 2.45) is 10.7 Å². The molecule has 124 valence electrons. The minimum absolute atomic E-state index is 0.384. The molecule has 0 saturated carbocycles. The lowest BCUT2D eigenvalue weighted by atomic mass is 10.1. The predicted molar refractivity (Wildman–Crippen MR) is 99.8 cm³/mol. The third kappa shape index (κ3) is 3.51. The van der Waals surface area contributed by atoms with Crippen LogP contribution in [0.15, 0.2) is 53.7 Å². The average molecular weight is 322 g/mol. The molecule has 0 fully saturated rings. The molecule has 2 aromatic carbocycles. The first-order chi connectivity index (χ1) is 11.7.